The smallest absolute Gasteiger partial charge is 0.339 e. The number of methoxy groups -OCH3 is 1. The van der Waals surface area contributed by atoms with Crippen LogP contribution in [0.5, 0.6) is 5.75 Å². The van der Waals surface area contributed by atoms with Crippen molar-refractivity contribution in [2.45, 2.75) is 6.42 Å². The highest BCUT2D eigenvalue weighted by Crippen LogP contribution is 2.26. The molecule has 0 spiro atoms. The highest BCUT2D eigenvalue weighted by Gasteiger charge is 2.14. The number of carbonyl (C=O) groups is 1. The lowest BCUT2D eigenvalue weighted by atomic mass is 10.1. The number of ether oxygens (including phenoxy) is 1. The summed E-state index contributed by atoms with van der Waals surface area (Å²) in [6, 6.07) is 4.90. The van der Waals surface area contributed by atoms with Gasteiger partial charge in [0.2, 0.25) is 0 Å². The van der Waals surface area contributed by atoms with Crippen LogP contribution in [-0.2, 0) is 6.42 Å². The summed E-state index contributed by atoms with van der Waals surface area (Å²) in [6.45, 7) is 3.56. The molecule has 1 N–H and O–H groups in total. The number of rotatable bonds is 4. The summed E-state index contributed by atoms with van der Waals surface area (Å²) >= 11 is 5.68. The van der Waals surface area contributed by atoms with E-state index >= 15 is 0 Å². The van der Waals surface area contributed by atoms with Gasteiger partial charge in [-0.25, -0.2) is 4.79 Å². The van der Waals surface area contributed by atoms with Crippen molar-refractivity contribution in [2.24, 2.45) is 0 Å². The summed E-state index contributed by atoms with van der Waals surface area (Å²) in [7, 11) is 1.43. The summed E-state index contributed by atoms with van der Waals surface area (Å²) in [6.07, 6.45) is 0.395. The maximum Gasteiger partial charge on any atom is 0.339 e. The first-order chi connectivity index (χ1) is 7.06. The summed E-state index contributed by atoms with van der Waals surface area (Å²) in [4.78, 5) is 10.9. The highest BCUT2D eigenvalue weighted by molar-refractivity contribution is 6.29. The predicted octanol–water partition coefficient (Wildman–Crippen LogP) is 2.69. The molecule has 0 fully saturated rings. The zero-order chi connectivity index (χ0) is 11.4. The monoisotopic (exact) mass is 226 g/mol. The van der Waals surface area contributed by atoms with Crippen molar-refractivity contribution in [1.82, 2.24) is 0 Å². The predicted molar refractivity (Wildman–Crippen MR) is 58.7 cm³/mol. The van der Waals surface area contributed by atoms with Gasteiger partial charge in [0.25, 0.3) is 0 Å². The van der Waals surface area contributed by atoms with Gasteiger partial charge in [0.15, 0.2) is 0 Å². The number of allylic oxidation sites excluding steroid dienone is 1. The lowest BCUT2D eigenvalue weighted by Crippen LogP contribution is -2.03. The molecule has 0 atom stereocenters. The van der Waals surface area contributed by atoms with Crippen LogP contribution in [0.4, 0.5) is 0 Å². The maximum atomic E-state index is 10.9. The Labute approximate surface area is 92.9 Å². The number of carboxylic acids is 1. The first kappa shape index (κ1) is 11.6. The first-order valence-electron chi connectivity index (χ1n) is 4.28. The van der Waals surface area contributed by atoms with Crippen LogP contribution in [0.2, 0.25) is 0 Å². The van der Waals surface area contributed by atoms with Crippen LogP contribution in [0.3, 0.4) is 0 Å². The van der Waals surface area contributed by atoms with E-state index in [1.165, 1.54) is 13.2 Å². The minimum atomic E-state index is -1.02. The normalized spacial score (nSPS) is 9.73. The minimum Gasteiger partial charge on any atom is -0.496 e. The average Bonchev–Trinajstić information content (AvgIpc) is 2.16. The lowest BCUT2D eigenvalue weighted by Gasteiger charge is -2.10. The van der Waals surface area contributed by atoms with E-state index in [4.69, 9.17) is 21.4 Å². The average molecular weight is 227 g/mol. The molecular formula is C11H11ClO3. The van der Waals surface area contributed by atoms with Crippen LogP contribution in [0.25, 0.3) is 0 Å². The van der Waals surface area contributed by atoms with Crippen molar-refractivity contribution >= 4 is 17.6 Å². The van der Waals surface area contributed by atoms with Crippen LogP contribution in [-0.4, -0.2) is 18.2 Å². The van der Waals surface area contributed by atoms with Gasteiger partial charge in [0, 0.05) is 17.0 Å². The molecule has 0 radical (unpaired) electrons. The van der Waals surface area contributed by atoms with Gasteiger partial charge in [-0.15, -0.1) is 0 Å². The Balaban J connectivity index is 3.21. The number of carboxylic acid groups (broad SMARTS) is 1. The van der Waals surface area contributed by atoms with Crippen molar-refractivity contribution < 1.29 is 14.6 Å². The second kappa shape index (κ2) is 4.84. The molecule has 0 aliphatic heterocycles. The van der Waals surface area contributed by atoms with Crippen molar-refractivity contribution in [3.63, 3.8) is 0 Å². The van der Waals surface area contributed by atoms with Crippen LogP contribution in [0.1, 0.15) is 15.9 Å². The van der Waals surface area contributed by atoms with Gasteiger partial charge in [-0.3, -0.25) is 0 Å². The Kier molecular flexibility index (Phi) is 3.74. The second-order valence-corrected chi connectivity index (χ2v) is 3.53. The van der Waals surface area contributed by atoms with Gasteiger partial charge in [-0.05, 0) is 6.07 Å². The quantitative estimate of drug-likeness (QED) is 0.859. The summed E-state index contributed by atoms with van der Waals surface area (Å²) < 4.78 is 5.06. The Morgan fingerprint density at radius 3 is 2.73 bits per heavy atom. The fourth-order valence-electron chi connectivity index (χ4n) is 1.34. The van der Waals surface area contributed by atoms with E-state index in [0.717, 1.165) is 5.56 Å². The molecule has 80 valence electrons. The molecule has 0 unspecified atom stereocenters. The number of hydrogen-bond acceptors (Lipinski definition) is 2. The molecule has 4 heteroatoms. The van der Waals surface area contributed by atoms with Crippen molar-refractivity contribution in [1.29, 1.82) is 0 Å². The molecule has 0 saturated carbocycles. The van der Waals surface area contributed by atoms with Gasteiger partial charge in [-0.1, -0.05) is 30.3 Å². The van der Waals surface area contributed by atoms with E-state index < -0.39 is 5.97 Å². The van der Waals surface area contributed by atoms with Crippen molar-refractivity contribution in [3.8, 4) is 5.75 Å². The molecule has 0 saturated heterocycles. The topological polar surface area (TPSA) is 46.5 Å². The van der Waals surface area contributed by atoms with Gasteiger partial charge in [-0.2, -0.15) is 0 Å². The molecule has 1 aromatic carbocycles. The molecular weight excluding hydrogens is 216 g/mol. The van der Waals surface area contributed by atoms with Crippen LogP contribution < -0.4 is 4.74 Å². The summed E-state index contributed by atoms with van der Waals surface area (Å²) in [5.74, 6) is -0.680. The molecule has 0 aromatic heterocycles. The van der Waals surface area contributed by atoms with Gasteiger partial charge in [0.1, 0.15) is 11.3 Å². The Morgan fingerprint density at radius 1 is 1.60 bits per heavy atom. The van der Waals surface area contributed by atoms with E-state index in [1.807, 2.05) is 0 Å². The Morgan fingerprint density at radius 2 is 2.27 bits per heavy atom. The van der Waals surface area contributed by atoms with Crippen LogP contribution in [0, 0.1) is 0 Å². The highest BCUT2D eigenvalue weighted by atomic mass is 35.5. The van der Waals surface area contributed by atoms with Crippen molar-refractivity contribution in [3.05, 3.63) is 40.9 Å². The maximum absolute atomic E-state index is 10.9. The van der Waals surface area contributed by atoms with E-state index in [9.17, 15) is 4.79 Å². The SMILES string of the molecule is C=C(Cl)Cc1cccc(C(=O)O)c1OC. The minimum absolute atomic E-state index is 0.132. The third kappa shape index (κ3) is 2.73. The van der Waals surface area contributed by atoms with E-state index in [2.05, 4.69) is 6.58 Å². The molecule has 0 heterocycles. The molecule has 15 heavy (non-hydrogen) atoms. The fourth-order valence-corrected chi connectivity index (χ4v) is 1.48. The van der Waals surface area contributed by atoms with Crippen molar-refractivity contribution in [2.75, 3.05) is 7.11 Å². The molecule has 0 amide bonds. The number of benzene rings is 1. The molecule has 1 rings (SSSR count). The second-order valence-electron chi connectivity index (χ2n) is 3.00. The largest absolute Gasteiger partial charge is 0.496 e. The standard InChI is InChI=1S/C11H11ClO3/c1-7(12)6-8-4-3-5-9(11(13)14)10(8)15-2/h3-5H,1,6H2,2H3,(H,13,14). The number of aromatic carboxylic acids is 1. The Hall–Kier alpha value is -1.48. The zero-order valence-corrected chi connectivity index (χ0v) is 9.04. The third-order valence-electron chi connectivity index (χ3n) is 1.91. The molecule has 0 aliphatic carbocycles. The van der Waals surface area contributed by atoms with Gasteiger partial charge >= 0.3 is 5.97 Å². The molecule has 1 aromatic rings. The molecule has 0 aliphatic rings. The third-order valence-corrected chi connectivity index (χ3v) is 2.05. The fraction of sp³-hybridized carbons (Fsp3) is 0.182. The van der Waals surface area contributed by atoms with Gasteiger partial charge < -0.3 is 9.84 Å². The van der Waals surface area contributed by atoms with E-state index in [0.29, 0.717) is 17.2 Å². The van der Waals surface area contributed by atoms with E-state index in [-0.39, 0.29) is 5.56 Å². The van der Waals surface area contributed by atoms with Gasteiger partial charge in [0.05, 0.1) is 7.11 Å². The number of para-hydroxylation sites is 1. The number of hydrogen-bond donors (Lipinski definition) is 1. The lowest BCUT2D eigenvalue weighted by molar-refractivity contribution is 0.0693. The van der Waals surface area contributed by atoms with E-state index in [1.54, 1.807) is 12.1 Å². The first-order valence-corrected chi connectivity index (χ1v) is 4.66. The Bertz CT molecular complexity index is 399. The zero-order valence-electron chi connectivity index (χ0n) is 8.29. The molecule has 3 nitrogen and oxygen atoms in total. The number of halogens is 1. The molecule has 0 bridgehead atoms. The van der Waals surface area contributed by atoms with Crippen LogP contribution in [0.15, 0.2) is 29.8 Å². The summed E-state index contributed by atoms with van der Waals surface area (Å²) in [5, 5.41) is 9.36. The summed E-state index contributed by atoms with van der Waals surface area (Å²) in [5.41, 5.74) is 0.852. The van der Waals surface area contributed by atoms with Crippen LogP contribution >= 0.6 is 11.6 Å².